The van der Waals surface area contributed by atoms with Crippen LogP contribution in [0.1, 0.15) is 37.5 Å². The molecule has 0 aliphatic heterocycles. The monoisotopic (exact) mass is 426 g/mol. The Morgan fingerprint density at radius 1 is 0.964 bits per heavy atom. The van der Waals surface area contributed by atoms with Gasteiger partial charge in [0, 0.05) is 8.80 Å². The molecule has 3 heteroatoms. The van der Waals surface area contributed by atoms with E-state index in [1.807, 2.05) is 12.1 Å². The number of fused-ring (bicyclic) bond motifs is 1. The van der Waals surface area contributed by atoms with E-state index in [9.17, 15) is 0 Å². The molecule has 3 aromatic carbocycles. The summed E-state index contributed by atoms with van der Waals surface area (Å²) in [5.74, 6) is 0.838. The number of ether oxygens (including phenoxy) is 1. The van der Waals surface area contributed by atoms with Crippen LogP contribution in [0.15, 0.2) is 48.5 Å². The van der Waals surface area contributed by atoms with Gasteiger partial charge in [-0.25, -0.2) is 0 Å². The van der Waals surface area contributed by atoms with E-state index in [-0.39, 0.29) is 43.4 Å². The number of hydrogen-bond acceptors (Lipinski definition) is 1. The van der Waals surface area contributed by atoms with E-state index < -0.39 is 0 Å². The van der Waals surface area contributed by atoms with E-state index >= 15 is 0 Å². The Balaban J connectivity index is 0.000000486. The van der Waals surface area contributed by atoms with Gasteiger partial charge in [-0.1, -0.05) is 52.9 Å². The quantitative estimate of drug-likeness (QED) is 0.326. The molecular formula is C25H34OSiTi. The van der Waals surface area contributed by atoms with Gasteiger partial charge in [0.05, 0.1) is 5.75 Å². The summed E-state index contributed by atoms with van der Waals surface area (Å²) >= 11 is 0. The maximum absolute atomic E-state index is 4.98. The summed E-state index contributed by atoms with van der Waals surface area (Å²) in [4.78, 5) is 0. The van der Waals surface area contributed by atoms with Crippen LogP contribution in [0.4, 0.5) is 0 Å². The van der Waals surface area contributed by atoms with Gasteiger partial charge >= 0.3 is 21.7 Å². The van der Waals surface area contributed by atoms with Gasteiger partial charge in [0.2, 0.25) is 0 Å². The van der Waals surface area contributed by atoms with E-state index in [2.05, 4.69) is 91.2 Å². The molecule has 0 saturated carbocycles. The molecule has 0 fully saturated rings. The molecule has 3 rings (SSSR count). The molecule has 0 amide bonds. The molecule has 0 unspecified atom stereocenters. The molecule has 0 spiro atoms. The van der Waals surface area contributed by atoms with Crippen molar-refractivity contribution in [3.63, 3.8) is 0 Å². The smallest absolute Gasteiger partial charge is 0.665 e. The van der Waals surface area contributed by atoms with E-state index in [1.54, 1.807) is 5.19 Å². The first-order chi connectivity index (χ1) is 12.1. The third kappa shape index (κ3) is 6.69. The van der Waals surface area contributed by atoms with E-state index in [0.29, 0.717) is 0 Å². The predicted octanol–water partition coefficient (Wildman–Crippen LogP) is 6.74. The van der Waals surface area contributed by atoms with E-state index in [0.717, 1.165) is 5.75 Å². The van der Waals surface area contributed by atoms with Gasteiger partial charge in [0.1, 0.15) is 0 Å². The molecule has 0 aliphatic carbocycles. The molecule has 28 heavy (non-hydrogen) atoms. The fourth-order valence-corrected chi connectivity index (χ4v) is 4.92. The van der Waals surface area contributed by atoms with Crippen molar-refractivity contribution in [1.82, 2.24) is 0 Å². The fourth-order valence-electron chi connectivity index (χ4n) is 3.30. The Bertz CT molecular complexity index is 872. The summed E-state index contributed by atoms with van der Waals surface area (Å²) in [7, 11) is 3.10. The molecule has 3 aromatic rings. The van der Waals surface area contributed by atoms with E-state index in [1.165, 1.54) is 27.5 Å². The van der Waals surface area contributed by atoms with Gasteiger partial charge in [0.15, 0.2) is 0 Å². The van der Waals surface area contributed by atoms with Crippen LogP contribution in [-0.2, 0) is 27.1 Å². The topological polar surface area (TPSA) is 9.23 Å². The van der Waals surface area contributed by atoms with Crippen molar-refractivity contribution in [2.75, 3.05) is 0 Å². The molecule has 148 valence electrons. The molecule has 0 saturated heterocycles. The number of aryl methyl sites for hydroxylation is 2. The summed E-state index contributed by atoms with van der Waals surface area (Å²) in [5, 5.41) is 4.49. The van der Waals surface area contributed by atoms with Crippen molar-refractivity contribution in [2.45, 2.75) is 53.1 Å². The minimum Gasteiger partial charge on any atom is -0.665 e. The van der Waals surface area contributed by atoms with Crippen LogP contribution in [0, 0.1) is 28.4 Å². The van der Waals surface area contributed by atoms with Crippen molar-refractivity contribution in [2.24, 2.45) is 0 Å². The van der Waals surface area contributed by atoms with Crippen LogP contribution in [-0.4, -0.2) is 8.80 Å². The molecule has 0 aromatic heterocycles. The Hall–Kier alpha value is -1.22. The average molecular weight is 426 g/mol. The first kappa shape index (κ1) is 26.8. The van der Waals surface area contributed by atoms with Crippen LogP contribution in [0.2, 0.25) is 13.1 Å². The maximum Gasteiger partial charge on any atom is 3.00 e. The van der Waals surface area contributed by atoms with Crippen molar-refractivity contribution in [3.8, 4) is 5.75 Å². The summed E-state index contributed by atoms with van der Waals surface area (Å²) in [6.45, 7) is 15.6. The Morgan fingerprint density at radius 3 is 2.11 bits per heavy atom. The molecule has 0 heterocycles. The van der Waals surface area contributed by atoms with Crippen molar-refractivity contribution in [1.29, 1.82) is 0 Å². The summed E-state index contributed by atoms with van der Waals surface area (Å²) < 4.78 is 4.98. The molecule has 0 aliphatic rings. The Morgan fingerprint density at radius 2 is 1.57 bits per heavy atom. The summed E-state index contributed by atoms with van der Waals surface area (Å²) in [5.41, 5.74) is 4.14. The molecule has 0 atom stereocenters. The van der Waals surface area contributed by atoms with Crippen LogP contribution in [0.25, 0.3) is 10.8 Å². The third-order valence-electron chi connectivity index (χ3n) is 4.58. The van der Waals surface area contributed by atoms with Crippen LogP contribution < -0.4 is 9.92 Å². The van der Waals surface area contributed by atoms with Crippen LogP contribution >= 0.6 is 0 Å². The normalized spacial score (nSPS) is 10.6. The summed E-state index contributed by atoms with van der Waals surface area (Å²) in [6, 6.07) is 17.2. The van der Waals surface area contributed by atoms with Crippen LogP contribution in [0.3, 0.4) is 0 Å². The molecular weight excluding hydrogens is 392 g/mol. The van der Waals surface area contributed by atoms with E-state index in [4.69, 9.17) is 4.74 Å². The molecule has 0 bridgehead atoms. The third-order valence-corrected chi connectivity index (χ3v) is 6.24. The zero-order valence-corrected chi connectivity index (χ0v) is 21.3. The molecule has 1 nitrogen and oxygen atoms in total. The molecule has 0 N–H and O–H groups in total. The zero-order chi connectivity index (χ0) is 19.5. The SMILES string of the molecule is Cc1cc2ccccc2[c-]1[Si](C)C.[CH2-]Oc1cc(C)cc(C(C)(C)C)c1.[CH3-].[Ti+3]. The number of hydrogen-bond donors (Lipinski definition) is 0. The van der Waals surface area contributed by atoms with Gasteiger partial charge in [-0.15, -0.1) is 39.7 Å². The molecule has 2 radical (unpaired) electrons. The van der Waals surface area contributed by atoms with Crippen molar-refractivity contribution < 1.29 is 26.5 Å². The standard InChI is InChI=1S/C12H17O.C12H14Si.CH3.Ti/c1-9-6-10(12(2,3)4)8-11(7-9)13-5;1-9-8-10-6-4-5-7-11(10)12(9)13(2)3;;/h6-8H,5H2,1-4H3;4-8H,1-3H3;1H3;/q3*-1;+3. The average Bonchev–Trinajstić information content (AvgIpc) is 2.89. The minimum atomic E-state index is -0.324. The Kier molecular flexibility index (Phi) is 10.6. The Labute approximate surface area is 189 Å². The predicted molar refractivity (Wildman–Crippen MR) is 124 cm³/mol. The van der Waals surface area contributed by atoms with Gasteiger partial charge in [-0.3, -0.25) is 0 Å². The summed E-state index contributed by atoms with van der Waals surface area (Å²) in [6.07, 6.45) is 0. The first-order valence-electron chi connectivity index (χ1n) is 9.13. The van der Waals surface area contributed by atoms with Crippen LogP contribution in [0.5, 0.6) is 5.75 Å². The largest absolute Gasteiger partial charge is 3.00 e. The second-order valence-corrected chi connectivity index (χ2v) is 10.7. The fraction of sp³-hybridized carbons (Fsp3) is 0.320. The maximum atomic E-state index is 4.98. The van der Waals surface area contributed by atoms with Crippen molar-refractivity contribution in [3.05, 3.63) is 79.8 Å². The van der Waals surface area contributed by atoms with Gasteiger partial charge < -0.3 is 12.2 Å². The minimum absolute atomic E-state index is 0. The van der Waals surface area contributed by atoms with Gasteiger partial charge in [-0.2, -0.15) is 13.2 Å². The van der Waals surface area contributed by atoms with Crippen molar-refractivity contribution >= 4 is 24.8 Å². The van der Waals surface area contributed by atoms with Gasteiger partial charge in [0.25, 0.3) is 0 Å². The van der Waals surface area contributed by atoms with Gasteiger partial charge in [-0.05, 0) is 35.6 Å². The second-order valence-electron chi connectivity index (χ2n) is 8.22. The second kappa shape index (κ2) is 11.1. The first-order valence-corrected chi connectivity index (χ1v) is 11.6. The number of rotatable bonds is 2. The number of benzene rings is 2. The zero-order valence-electron chi connectivity index (χ0n) is 18.7.